The third kappa shape index (κ3) is 2.81. The molecule has 1 aromatic carbocycles. The number of benzene rings is 1. The van der Waals surface area contributed by atoms with Crippen LogP contribution in [0.1, 0.15) is 29.5 Å². The van der Waals surface area contributed by atoms with Crippen LogP contribution in [0.2, 0.25) is 0 Å². The third-order valence-electron chi connectivity index (χ3n) is 2.23. The molecule has 17 heavy (non-hydrogen) atoms. The van der Waals surface area contributed by atoms with Gasteiger partial charge in [0.05, 0.1) is 0 Å². The van der Waals surface area contributed by atoms with Gasteiger partial charge < -0.3 is 10.2 Å². The van der Waals surface area contributed by atoms with E-state index < -0.39 is 29.1 Å². The molecule has 4 nitrogen and oxygen atoms in total. The van der Waals surface area contributed by atoms with Gasteiger partial charge in [0, 0.05) is 5.56 Å². The molecule has 92 valence electrons. The predicted molar refractivity (Wildman–Crippen MR) is 58.3 cm³/mol. The normalized spacial score (nSPS) is 14.1. The summed E-state index contributed by atoms with van der Waals surface area (Å²) in [5, 5.41) is 16.7. The highest BCUT2D eigenvalue weighted by atomic mass is 35.5. The molecule has 6 heteroatoms. The Hall–Kier alpha value is -1.46. The largest absolute Gasteiger partial charge is 0.479 e. The molecule has 0 saturated heterocycles. The van der Waals surface area contributed by atoms with Gasteiger partial charge in [-0.1, -0.05) is 12.1 Å². The van der Waals surface area contributed by atoms with Crippen molar-refractivity contribution in [2.45, 2.75) is 18.4 Å². The van der Waals surface area contributed by atoms with Crippen molar-refractivity contribution in [2.24, 2.45) is 0 Å². The number of carboxylic acids is 1. The Morgan fingerprint density at radius 1 is 1.41 bits per heavy atom. The topological polar surface area (TPSA) is 74.6 Å². The first-order chi connectivity index (χ1) is 7.86. The summed E-state index contributed by atoms with van der Waals surface area (Å²) in [7, 11) is 0. The van der Waals surface area contributed by atoms with Crippen molar-refractivity contribution in [2.75, 3.05) is 0 Å². The first kappa shape index (κ1) is 13.6. The van der Waals surface area contributed by atoms with Crippen LogP contribution < -0.4 is 0 Å². The van der Waals surface area contributed by atoms with Crippen LogP contribution in [-0.4, -0.2) is 22.0 Å². The summed E-state index contributed by atoms with van der Waals surface area (Å²) in [6.07, 6.45) is -1.92. The van der Waals surface area contributed by atoms with Gasteiger partial charge in [0.25, 0.3) is 0 Å². The first-order valence-electron chi connectivity index (χ1n) is 4.70. The van der Waals surface area contributed by atoms with Crippen LogP contribution >= 0.6 is 11.6 Å². The Bertz CT molecular complexity index is 461. The van der Waals surface area contributed by atoms with Crippen LogP contribution in [0.25, 0.3) is 0 Å². The molecule has 2 unspecified atom stereocenters. The van der Waals surface area contributed by atoms with E-state index in [-0.39, 0.29) is 11.1 Å². The van der Waals surface area contributed by atoms with Crippen molar-refractivity contribution in [1.29, 1.82) is 0 Å². The number of aliphatic carboxylic acids is 1. The Balaban J connectivity index is 3.36. The SMILES string of the molecule is CC(=O)C(Cl)c1c(F)cccc1C(O)C(=O)O. The van der Waals surface area contributed by atoms with Gasteiger partial charge in [-0.15, -0.1) is 11.6 Å². The van der Waals surface area contributed by atoms with Crippen molar-refractivity contribution >= 4 is 23.4 Å². The highest BCUT2D eigenvalue weighted by molar-refractivity contribution is 6.31. The molecular formula is C11H10ClFO4. The Morgan fingerprint density at radius 3 is 2.47 bits per heavy atom. The minimum absolute atomic E-state index is 0.215. The van der Waals surface area contributed by atoms with Gasteiger partial charge in [0.2, 0.25) is 0 Å². The number of ketones is 1. The number of carbonyl (C=O) groups excluding carboxylic acids is 1. The monoisotopic (exact) mass is 260 g/mol. The molecule has 1 rings (SSSR count). The lowest BCUT2D eigenvalue weighted by atomic mass is 9.97. The molecular weight excluding hydrogens is 251 g/mol. The Kier molecular flexibility index (Phi) is 4.20. The van der Waals surface area contributed by atoms with E-state index in [1.807, 2.05) is 0 Å². The van der Waals surface area contributed by atoms with Crippen LogP contribution in [0.15, 0.2) is 18.2 Å². The van der Waals surface area contributed by atoms with E-state index in [0.717, 1.165) is 13.0 Å². The van der Waals surface area contributed by atoms with Gasteiger partial charge in [0.1, 0.15) is 11.2 Å². The second-order valence-electron chi connectivity index (χ2n) is 3.46. The van der Waals surface area contributed by atoms with Gasteiger partial charge in [-0.3, -0.25) is 4.79 Å². The lowest BCUT2D eigenvalue weighted by Gasteiger charge is -2.15. The van der Waals surface area contributed by atoms with Crippen molar-refractivity contribution in [3.05, 3.63) is 35.1 Å². The van der Waals surface area contributed by atoms with Crippen molar-refractivity contribution in [3.8, 4) is 0 Å². The van der Waals surface area contributed by atoms with Gasteiger partial charge in [-0.2, -0.15) is 0 Å². The predicted octanol–water partition coefficient (Wildman–Crippen LogP) is 1.81. The standard InChI is InChI=1S/C11H10ClFO4/c1-5(14)9(12)8-6(10(15)11(16)17)3-2-4-7(8)13/h2-4,9-10,15H,1H3,(H,16,17). The quantitative estimate of drug-likeness (QED) is 0.810. The zero-order chi connectivity index (χ0) is 13.2. The summed E-state index contributed by atoms with van der Waals surface area (Å²) in [6.45, 7) is 1.15. The number of hydrogen-bond acceptors (Lipinski definition) is 3. The maximum atomic E-state index is 13.5. The summed E-state index contributed by atoms with van der Waals surface area (Å²) in [5.74, 6) is -2.89. The number of halogens is 2. The third-order valence-corrected chi connectivity index (χ3v) is 2.75. The average Bonchev–Trinajstić information content (AvgIpc) is 2.26. The van der Waals surface area contributed by atoms with E-state index in [4.69, 9.17) is 16.7 Å². The molecule has 0 bridgehead atoms. The highest BCUT2D eigenvalue weighted by Gasteiger charge is 2.27. The number of hydrogen-bond donors (Lipinski definition) is 2. The first-order valence-corrected chi connectivity index (χ1v) is 5.13. The number of rotatable bonds is 4. The van der Waals surface area contributed by atoms with Gasteiger partial charge in [-0.25, -0.2) is 9.18 Å². The van der Waals surface area contributed by atoms with E-state index in [1.54, 1.807) is 0 Å². The van der Waals surface area contributed by atoms with E-state index in [1.165, 1.54) is 12.1 Å². The van der Waals surface area contributed by atoms with Crippen LogP contribution in [0.4, 0.5) is 4.39 Å². The molecule has 1 aromatic rings. The zero-order valence-corrected chi connectivity index (χ0v) is 9.61. The molecule has 0 amide bonds. The van der Waals surface area contributed by atoms with Crippen molar-refractivity contribution < 1.29 is 24.2 Å². The Labute approximate surface area is 102 Å². The number of aliphatic hydroxyl groups is 1. The van der Waals surface area contributed by atoms with Crippen molar-refractivity contribution in [1.82, 2.24) is 0 Å². The fourth-order valence-electron chi connectivity index (χ4n) is 1.40. The second kappa shape index (κ2) is 5.25. The number of Topliss-reactive ketones (excluding diaryl/α,β-unsaturated/α-hetero) is 1. The summed E-state index contributed by atoms with van der Waals surface area (Å²) in [6, 6.07) is 3.51. The maximum absolute atomic E-state index is 13.5. The molecule has 0 spiro atoms. The number of carbonyl (C=O) groups is 2. The Morgan fingerprint density at radius 2 is 2.00 bits per heavy atom. The van der Waals surface area contributed by atoms with Crippen LogP contribution in [0.3, 0.4) is 0 Å². The van der Waals surface area contributed by atoms with Crippen LogP contribution in [-0.2, 0) is 9.59 Å². The minimum atomic E-state index is -1.92. The van der Waals surface area contributed by atoms with E-state index in [9.17, 15) is 19.1 Å². The molecule has 0 aliphatic rings. The lowest BCUT2D eigenvalue weighted by Crippen LogP contribution is -2.16. The van der Waals surface area contributed by atoms with Crippen LogP contribution in [0, 0.1) is 5.82 Å². The van der Waals surface area contributed by atoms with Crippen molar-refractivity contribution in [3.63, 3.8) is 0 Å². The van der Waals surface area contributed by atoms with E-state index in [2.05, 4.69) is 0 Å². The lowest BCUT2D eigenvalue weighted by molar-refractivity contribution is -0.147. The summed E-state index contributed by atoms with van der Waals surface area (Å²) >= 11 is 5.71. The summed E-state index contributed by atoms with van der Waals surface area (Å²) in [4.78, 5) is 21.8. The molecule has 0 aliphatic heterocycles. The molecule has 0 fully saturated rings. The molecule has 0 radical (unpaired) electrons. The van der Waals surface area contributed by atoms with Crippen LogP contribution in [0.5, 0.6) is 0 Å². The second-order valence-corrected chi connectivity index (χ2v) is 3.89. The summed E-state index contributed by atoms with van der Waals surface area (Å²) < 4.78 is 13.5. The molecule has 0 aromatic heterocycles. The molecule has 0 heterocycles. The van der Waals surface area contributed by atoms with E-state index >= 15 is 0 Å². The van der Waals surface area contributed by atoms with Gasteiger partial charge in [0.15, 0.2) is 11.9 Å². The van der Waals surface area contributed by atoms with Gasteiger partial charge in [-0.05, 0) is 18.6 Å². The fourth-order valence-corrected chi connectivity index (χ4v) is 1.63. The van der Waals surface area contributed by atoms with Gasteiger partial charge >= 0.3 is 5.97 Å². The molecule has 0 aliphatic carbocycles. The minimum Gasteiger partial charge on any atom is -0.479 e. The van der Waals surface area contributed by atoms with E-state index in [0.29, 0.717) is 0 Å². The zero-order valence-electron chi connectivity index (χ0n) is 8.85. The molecule has 2 N–H and O–H groups in total. The number of aliphatic hydroxyl groups excluding tert-OH is 1. The smallest absolute Gasteiger partial charge is 0.337 e. The molecule has 2 atom stereocenters. The fraction of sp³-hybridized carbons (Fsp3) is 0.273. The number of alkyl halides is 1. The summed E-state index contributed by atoms with van der Waals surface area (Å²) in [5.41, 5.74) is -0.510. The number of carboxylic acid groups (broad SMARTS) is 1. The molecule has 0 saturated carbocycles. The average molecular weight is 261 g/mol. The highest BCUT2D eigenvalue weighted by Crippen LogP contribution is 2.31. The maximum Gasteiger partial charge on any atom is 0.337 e.